The molecule has 0 saturated heterocycles. The fourth-order valence-electron chi connectivity index (χ4n) is 3.82. The highest BCUT2D eigenvalue weighted by atomic mass is 35.5. The van der Waals surface area contributed by atoms with Crippen molar-refractivity contribution in [1.82, 2.24) is 10.2 Å². The summed E-state index contributed by atoms with van der Waals surface area (Å²) in [6.45, 7) is 5.48. The topological polar surface area (TPSA) is 96.0 Å². The van der Waals surface area contributed by atoms with Gasteiger partial charge in [-0.1, -0.05) is 41.4 Å². The zero-order valence-corrected chi connectivity index (χ0v) is 23.4. The largest absolute Gasteiger partial charge is 0.494 e. The van der Waals surface area contributed by atoms with Crippen LogP contribution < -0.4 is 14.4 Å². The molecule has 8 nitrogen and oxygen atoms in total. The third-order valence-electron chi connectivity index (χ3n) is 6.00. The van der Waals surface area contributed by atoms with Crippen molar-refractivity contribution in [2.45, 2.75) is 38.3 Å². The molecule has 0 heterocycles. The Morgan fingerprint density at radius 3 is 2.13 bits per heavy atom. The maximum Gasteiger partial charge on any atom is 0.264 e. The van der Waals surface area contributed by atoms with Crippen LogP contribution in [0.25, 0.3) is 0 Å². The molecule has 0 aliphatic heterocycles. The first-order valence-corrected chi connectivity index (χ1v) is 14.0. The number of hydrogen-bond donors (Lipinski definition) is 1. The number of amides is 2. The van der Waals surface area contributed by atoms with E-state index < -0.39 is 28.5 Å². The van der Waals surface area contributed by atoms with E-state index in [1.165, 1.54) is 36.2 Å². The van der Waals surface area contributed by atoms with Gasteiger partial charge in [0.25, 0.3) is 10.0 Å². The first kappa shape index (κ1) is 29.0. The van der Waals surface area contributed by atoms with Crippen LogP contribution in [-0.2, 0) is 26.2 Å². The monoisotopic (exact) mass is 557 g/mol. The number of aryl methyl sites for hydroxylation is 1. The second kappa shape index (κ2) is 12.8. The van der Waals surface area contributed by atoms with Crippen LogP contribution in [0.2, 0.25) is 5.02 Å². The van der Waals surface area contributed by atoms with E-state index in [0.717, 1.165) is 15.4 Å². The molecule has 0 aliphatic rings. The number of ether oxygens (including phenoxy) is 1. The highest BCUT2D eigenvalue weighted by Gasteiger charge is 2.32. The number of carbonyl (C=O) groups excluding carboxylic acids is 2. The zero-order valence-electron chi connectivity index (χ0n) is 21.8. The van der Waals surface area contributed by atoms with Gasteiger partial charge in [0.1, 0.15) is 18.3 Å². The highest BCUT2D eigenvalue weighted by molar-refractivity contribution is 7.92. The molecule has 0 spiro atoms. The molecule has 0 saturated carbocycles. The Kier molecular flexibility index (Phi) is 9.77. The first-order valence-electron chi connectivity index (χ1n) is 12.1. The molecule has 2 amide bonds. The summed E-state index contributed by atoms with van der Waals surface area (Å²) >= 11 is 5.98. The van der Waals surface area contributed by atoms with Gasteiger partial charge in [-0.15, -0.1) is 0 Å². The minimum absolute atomic E-state index is 0.0204. The number of hydrogen-bond acceptors (Lipinski definition) is 5. The van der Waals surface area contributed by atoms with Gasteiger partial charge in [0.15, 0.2) is 0 Å². The Morgan fingerprint density at radius 2 is 1.58 bits per heavy atom. The molecule has 0 fully saturated rings. The zero-order chi connectivity index (χ0) is 27.9. The molecule has 202 valence electrons. The second-order valence-electron chi connectivity index (χ2n) is 8.69. The lowest BCUT2D eigenvalue weighted by Crippen LogP contribution is -2.50. The van der Waals surface area contributed by atoms with Crippen LogP contribution in [0.3, 0.4) is 0 Å². The second-order valence-corrected chi connectivity index (χ2v) is 11.0. The summed E-state index contributed by atoms with van der Waals surface area (Å²) in [6.07, 6.45) is 0. The molecule has 3 rings (SSSR count). The average molecular weight is 558 g/mol. The summed E-state index contributed by atoms with van der Waals surface area (Å²) < 4.78 is 34.1. The number of likely N-dealkylation sites (N-methyl/N-ethyl adjacent to an activating group) is 1. The van der Waals surface area contributed by atoms with Gasteiger partial charge in [-0.25, -0.2) is 8.42 Å². The number of benzene rings is 3. The number of halogens is 1. The summed E-state index contributed by atoms with van der Waals surface area (Å²) in [4.78, 5) is 27.7. The summed E-state index contributed by atoms with van der Waals surface area (Å²) in [7, 11) is -2.68. The van der Waals surface area contributed by atoms with Gasteiger partial charge in [-0.05, 0) is 74.9 Å². The third kappa shape index (κ3) is 7.05. The maximum atomic E-state index is 13.8. The van der Waals surface area contributed by atoms with Crippen molar-refractivity contribution in [1.29, 1.82) is 0 Å². The lowest BCUT2D eigenvalue weighted by molar-refractivity contribution is -0.139. The van der Waals surface area contributed by atoms with Crippen molar-refractivity contribution < 1.29 is 22.7 Å². The lowest BCUT2D eigenvalue weighted by Gasteiger charge is -2.31. The maximum absolute atomic E-state index is 13.8. The van der Waals surface area contributed by atoms with E-state index in [-0.39, 0.29) is 23.0 Å². The lowest BCUT2D eigenvalue weighted by atomic mass is 10.1. The van der Waals surface area contributed by atoms with Gasteiger partial charge >= 0.3 is 0 Å². The Hall–Kier alpha value is -3.56. The Labute approximate surface area is 229 Å². The van der Waals surface area contributed by atoms with E-state index in [2.05, 4.69) is 5.32 Å². The first-order chi connectivity index (χ1) is 18.1. The van der Waals surface area contributed by atoms with E-state index >= 15 is 0 Å². The summed E-state index contributed by atoms with van der Waals surface area (Å²) in [5.74, 6) is -0.326. The molecule has 0 bridgehead atoms. The third-order valence-corrected chi connectivity index (χ3v) is 8.04. The number of nitrogens with zero attached hydrogens (tertiary/aromatic N) is 2. The van der Waals surface area contributed by atoms with Crippen molar-refractivity contribution in [3.8, 4) is 5.75 Å². The molecule has 1 N–H and O–H groups in total. The van der Waals surface area contributed by atoms with Crippen LogP contribution in [0.15, 0.2) is 77.7 Å². The molecule has 38 heavy (non-hydrogen) atoms. The predicted molar refractivity (Wildman–Crippen MR) is 149 cm³/mol. The molecule has 1 unspecified atom stereocenters. The van der Waals surface area contributed by atoms with E-state index in [1.54, 1.807) is 31.2 Å². The molecular weight excluding hydrogens is 526 g/mol. The fourth-order valence-corrected chi connectivity index (χ4v) is 5.36. The molecule has 3 aromatic rings. The van der Waals surface area contributed by atoms with Crippen molar-refractivity contribution in [2.75, 3.05) is 24.5 Å². The van der Waals surface area contributed by atoms with Crippen molar-refractivity contribution in [3.05, 3.63) is 88.9 Å². The number of rotatable bonds is 11. The molecule has 0 radical (unpaired) electrons. The van der Waals surface area contributed by atoms with E-state index in [0.29, 0.717) is 17.4 Å². The molecule has 10 heteroatoms. The van der Waals surface area contributed by atoms with Crippen LogP contribution in [0.4, 0.5) is 5.69 Å². The SMILES string of the molecule is CCOc1ccc(N(CC(=O)N(Cc2ccc(C)cc2)C(C)C(=O)NC)S(=O)(=O)c2ccc(Cl)cc2)cc1. The van der Waals surface area contributed by atoms with Gasteiger partial charge in [0.2, 0.25) is 11.8 Å². The number of carbonyl (C=O) groups is 2. The molecule has 0 aromatic heterocycles. The van der Waals surface area contributed by atoms with Crippen molar-refractivity contribution in [3.63, 3.8) is 0 Å². The molecule has 3 aromatic carbocycles. The van der Waals surface area contributed by atoms with Crippen LogP contribution in [-0.4, -0.2) is 51.4 Å². The van der Waals surface area contributed by atoms with Crippen molar-refractivity contribution >= 4 is 39.1 Å². The number of sulfonamides is 1. The van der Waals surface area contributed by atoms with Gasteiger partial charge < -0.3 is 15.0 Å². The number of nitrogens with one attached hydrogen (secondary N) is 1. The quantitative estimate of drug-likeness (QED) is 0.377. The predicted octanol–water partition coefficient (Wildman–Crippen LogP) is 4.41. The van der Waals surface area contributed by atoms with E-state index in [4.69, 9.17) is 16.3 Å². The van der Waals surface area contributed by atoms with Crippen LogP contribution in [0, 0.1) is 6.92 Å². The molecule has 0 aliphatic carbocycles. The van der Waals surface area contributed by atoms with Gasteiger partial charge in [-0.2, -0.15) is 0 Å². The fraction of sp³-hybridized carbons (Fsp3) is 0.286. The van der Waals surface area contributed by atoms with Crippen LogP contribution in [0.5, 0.6) is 5.75 Å². The standard InChI is InChI=1S/C28H32ClN3O5S/c1-5-37-25-14-12-24(13-15-25)32(38(35,36)26-16-10-23(29)11-17-26)19-27(33)31(21(3)28(34)30-4)18-22-8-6-20(2)7-9-22/h6-17,21H,5,18-19H2,1-4H3,(H,30,34). The van der Waals surface area contributed by atoms with Crippen LogP contribution in [0.1, 0.15) is 25.0 Å². The summed E-state index contributed by atoms with van der Waals surface area (Å²) in [5.41, 5.74) is 2.15. The van der Waals surface area contributed by atoms with E-state index in [1.807, 2.05) is 38.1 Å². The Bertz CT molecular complexity index is 1340. The smallest absolute Gasteiger partial charge is 0.264 e. The van der Waals surface area contributed by atoms with Gasteiger partial charge in [0, 0.05) is 18.6 Å². The molecule has 1 atom stereocenters. The summed E-state index contributed by atoms with van der Waals surface area (Å²) in [6, 6.07) is 18.9. The van der Waals surface area contributed by atoms with Crippen LogP contribution >= 0.6 is 11.6 Å². The number of anilines is 1. The molecular formula is C28H32ClN3O5S. The Balaban J connectivity index is 2.02. The summed E-state index contributed by atoms with van der Waals surface area (Å²) in [5, 5.41) is 2.95. The normalized spacial score (nSPS) is 11.9. The van der Waals surface area contributed by atoms with E-state index in [9.17, 15) is 18.0 Å². The van der Waals surface area contributed by atoms with Gasteiger partial charge in [-0.3, -0.25) is 13.9 Å². The highest BCUT2D eigenvalue weighted by Crippen LogP contribution is 2.27. The average Bonchev–Trinajstić information content (AvgIpc) is 2.91. The minimum atomic E-state index is -4.17. The minimum Gasteiger partial charge on any atom is -0.494 e. The Morgan fingerprint density at radius 1 is 0.974 bits per heavy atom. The van der Waals surface area contributed by atoms with Gasteiger partial charge in [0.05, 0.1) is 17.2 Å². The van der Waals surface area contributed by atoms with Crippen molar-refractivity contribution in [2.24, 2.45) is 0 Å².